The summed E-state index contributed by atoms with van der Waals surface area (Å²) in [5, 5.41) is 28.2. The van der Waals surface area contributed by atoms with E-state index in [1.165, 1.54) is 38.5 Å². The summed E-state index contributed by atoms with van der Waals surface area (Å²) < 4.78 is 32.6. The van der Waals surface area contributed by atoms with Gasteiger partial charge in [0.2, 0.25) is 0 Å². The van der Waals surface area contributed by atoms with E-state index in [1.54, 1.807) is 0 Å². The van der Waals surface area contributed by atoms with E-state index in [2.05, 4.69) is 36.6 Å². The molecule has 0 aliphatic heterocycles. The van der Waals surface area contributed by atoms with Gasteiger partial charge in [-0.1, -0.05) is 140 Å². The first-order valence-corrected chi connectivity index (χ1v) is 22.5. The van der Waals surface area contributed by atoms with Crippen LogP contribution in [0.3, 0.4) is 0 Å². The van der Waals surface area contributed by atoms with Crippen LogP contribution in [0, 0.1) is 0 Å². The van der Waals surface area contributed by atoms with Crippen LogP contribution in [0.15, 0.2) is 36.5 Å². The maximum absolute atomic E-state index is 12.6. The Labute approximate surface area is 327 Å². The van der Waals surface area contributed by atoms with Crippen LogP contribution in [0.4, 0.5) is 0 Å². The van der Waals surface area contributed by atoms with Crippen molar-refractivity contribution in [1.29, 1.82) is 0 Å². The number of unbranched alkanes of at least 4 members (excludes halogenated alkanes) is 18. The third-order valence-electron chi connectivity index (χ3n) is 8.87. The molecular weight excluding hydrogens is 711 g/mol. The van der Waals surface area contributed by atoms with Crippen LogP contribution >= 0.6 is 7.82 Å². The number of phosphoric ester groups is 1. The van der Waals surface area contributed by atoms with Crippen LogP contribution in [-0.4, -0.2) is 76.9 Å². The van der Waals surface area contributed by atoms with E-state index >= 15 is 0 Å². The number of aliphatic hydroxyl groups is 3. The summed E-state index contributed by atoms with van der Waals surface area (Å²) >= 11 is 0. The highest BCUT2D eigenvalue weighted by Gasteiger charge is 2.27. The van der Waals surface area contributed by atoms with E-state index in [9.17, 15) is 29.3 Å². The first kappa shape index (κ1) is 52.2. The number of aliphatic hydroxyl groups excluding tert-OH is 3. The molecule has 11 nitrogen and oxygen atoms in total. The lowest BCUT2D eigenvalue weighted by Crippen LogP contribution is -2.29. The van der Waals surface area contributed by atoms with Gasteiger partial charge in [-0.05, 0) is 57.8 Å². The normalized spacial score (nSPS) is 14.9. The van der Waals surface area contributed by atoms with Crippen LogP contribution in [0.5, 0.6) is 0 Å². The fourth-order valence-corrected chi connectivity index (χ4v) is 6.33. The molecule has 0 aromatic rings. The molecule has 0 heterocycles. The van der Waals surface area contributed by atoms with Crippen LogP contribution in [0.25, 0.3) is 0 Å². The smallest absolute Gasteiger partial charge is 0.462 e. The molecule has 0 saturated heterocycles. The van der Waals surface area contributed by atoms with E-state index in [1.807, 2.05) is 18.2 Å². The fourth-order valence-electron chi connectivity index (χ4n) is 5.54. The molecule has 0 aliphatic carbocycles. The summed E-state index contributed by atoms with van der Waals surface area (Å²) in [6, 6.07) is 0. The Kier molecular flexibility index (Phi) is 36.7. The molecule has 0 aromatic carbocycles. The molecule has 0 aliphatic rings. The van der Waals surface area contributed by atoms with E-state index in [-0.39, 0.29) is 25.6 Å². The van der Waals surface area contributed by atoms with Crippen molar-refractivity contribution in [3.63, 3.8) is 0 Å². The lowest BCUT2D eigenvalue weighted by atomic mass is 10.1. The summed E-state index contributed by atoms with van der Waals surface area (Å²) in [7, 11) is -4.63. The number of hydrogen-bond donors (Lipinski definition) is 4. The molecule has 0 bridgehead atoms. The molecule has 4 N–H and O–H groups in total. The molecule has 0 rings (SSSR count). The quantitative estimate of drug-likeness (QED) is 0.0154. The van der Waals surface area contributed by atoms with Crippen molar-refractivity contribution >= 4 is 19.8 Å². The van der Waals surface area contributed by atoms with Gasteiger partial charge in [0.1, 0.15) is 12.7 Å². The summed E-state index contributed by atoms with van der Waals surface area (Å²) in [5.74, 6) is -0.984. The highest BCUT2D eigenvalue weighted by molar-refractivity contribution is 7.47. The van der Waals surface area contributed by atoms with Gasteiger partial charge in [0.25, 0.3) is 0 Å². The Balaban J connectivity index is 4.40. The Morgan fingerprint density at radius 1 is 0.611 bits per heavy atom. The van der Waals surface area contributed by atoms with Crippen LogP contribution in [0.2, 0.25) is 0 Å². The van der Waals surface area contributed by atoms with Gasteiger partial charge in [0, 0.05) is 12.8 Å². The lowest BCUT2D eigenvalue weighted by Gasteiger charge is -2.20. The van der Waals surface area contributed by atoms with E-state index in [0.29, 0.717) is 12.8 Å². The molecule has 0 fully saturated rings. The van der Waals surface area contributed by atoms with Gasteiger partial charge >= 0.3 is 19.8 Å². The third kappa shape index (κ3) is 37.1. The number of allylic oxidation sites excluding steroid dienone is 5. The molecular formula is C42H77O11P. The average Bonchev–Trinajstić information content (AvgIpc) is 3.15. The highest BCUT2D eigenvalue weighted by Crippen LogP contribution is 2.43. The second-order valence-electron chi connectivity index (χ2n) is 14.2. The predicted molar refractivity (Wildman–Crippen MR) is 216 cm³/mol. The van der Waals surface area contributed by atoms with E-state index in [0.717, 1.165) is 96.3 Å². The molecule has 12 heteroatoms. The molecule has 4 unspecified atom stereocenters. The number of esters is 2. The van der Waals surface area contributed by atoms with Crippen molar-refractivity contribution in [3.8, 4) is 0 Å². The molecule has 0 radical (unpaired) electrons. The zero-order chi connectivity index (χ0) is 40.0. The molecule has 0 aromatic heterocycles. The minimum absolute atomic E-state index is 0.140. The standard InChI is InChI=1S/C42H77O11P/c1-3-5-7-8-9-10-11-12-13-14-15-18-21-24-28-32-41(46)50-36-40(37-52-54(48,49)51-35-39(45)34-43)53-42(47)33-29-25-22-19-16-17-20-23-27-31-38(44)30-26-6-4-2/h12-13,20,23,27,31,38-40,43-45H,3-11,14-19,21-22,24-26,28-30,32-37H2,1-2H3,(H,48,49). The van der Waals surface area contributed by atoms with Gasteiger partial charge in [-0.3, -0.25) is 18.6 Å². The van der Waals surface area contributed by atoms with Crippen LogP contribution in [0.1, 0.15) is 174 Å². The van der Waals surface area contributed by atoms with E-state index in [4.69, 9.17) is 19.1 Å². The van der Waals surface area contributed by atoms with Crippen molar-refractivity contribution in [2.45, 2.75) is 193 Å². The zero-order valence-electron chi connectivity index (χ0n) is 33.8. The van der Waals surface area contributed by atoms with Crippen molar-refractivity contribution in [3.05, 3.63) is 36.5 Å². The number of carbonyl (C=O) groups excluding carboxylic acids is 2. The lowest BCUT2D eigenvalue weighted by molar-refractivity contribution is -0.161. The summed E-state index contributed by atoms with van der Waals surface area (Å²) in [5.41, 5.74) is 0. The highest BCUT2D eigenvalue weighted by atomic mass is 31.2. The fraction of sp³-hybridized carbons (Fsp3) is 0.810. The minimum atomic E-state index is -4.63. The Hall–Kier alpha value is -1.85. The second-order valence-corrected chi connectivity index (χ2v) is 15.7. The summed E-state index contributed by atoms with van der Waals surface area (Å²) in [6.45, 7) is 2.19. The van der Waals surface area contributed by atoms with Gasteiger partial charge in [-0.2, -0.15) is 0 Å². The summed E-state index contributed by atoms with van der Waals surface area (Å²) in [4.78, 5) is 34.9. The first-order valence-electron chi connectivity index (χ1n) is 21.1. The number of ether oxygens (including phenoxy) is 2. The number of rotatable bonds is 39. The van der Waals surface area contributed by atoms with Crippen molar-refractivity contribution < 1.29 is 52.9 Å². The zero-order valence-corrected chi connectivity index (χ0v) is 34.7. The third-order valence-corrected chi connectivity index (χ3v) is 9.82. The maximum Gasteiger partial charge on any atom is 0.472 e. The molecule has 54 heavy (non-hydrogen) atoms. The van der Waals surface area contributed by atoms with Gasteiger partial charge in [0.05, 0.1) is 25.9 Å². The summed E-state index contributed by atoms with van der Waals surface area (Å²) in [6.07, 6.45) is 34.3. The minimum Gasteiger partial charge on any atom is -0.462 e. The molecule has 4 atom stereocenters. The molecule has 0 saturated carbocycles. The Bertz CT molecular complexity index is 1020. The monoisotopic (exact) mass is 789 g/mol. The van der Waals surface area contributed by atoms with Gasteiger partial charge in [-0.15, -0.1) is 0 Å². The van der Waals surface area contributed by atoms with Crippen LogP contribution < -0.4 is 0 Å². The first-order chi connectivity index (χ1) is 26.1. The number of phosphoric acid groups is 1. The number of carbonyl (C=O) groups is 2. The topological polar surface area (TPSA) is 169 Å². The predicted octanol–water partition coefficient (Wildman–Crippen LogP) is 9.75. The Morgan fingerprint density at radius 2 is 1.11 bits per heavy atom. The SMILES string of the molecule is CCCCCCCCC=CCCCCCCCC(=O)OCC(COP(=O)(O)OCC(O)CO)OC(=O)CCCCCCCC=CC=CC(O)CCCCC. The second kappa shape index (κ2) is 38.0. The van der Waals surface area contributed by atoms with Crippen molar-refractivity contribution in [2.75, 3.05) is 26.4 Å². The molecule has 0 amide bonds. The Morgan fingerprint density at radius 3 is 1.70 bits per heavy atom. The number of hydrogen-bond acceptors (Lipinski definition) is 10. The van der Waals surface area contributed by atoms with Crippen molar-refractivity contribution in [1.82, 2.24) is 0 Å². The maximum atomic E-state index is 12.6. The van der Waals surface area contributed by atoms with Crippen LogP contribution in [-0.2, 0) is 32.7 Å². The van der Waals surface area contributed by atoms with Gasteiger partial charge in [-0.25, -0.2) is 4.57 Å². The van der Waals surface area contributed by atoms with Gasteiger partial charge < -0.3 is 29.7 Å². The van der Waals surface area contributed by atoms with Crippen molar-refractivity contribution in [2.24, 2.45) is 0 Å². The largest absolute Gasteiger partial charge is 0.472 e. The molecule has 0 spiro atoms. The average molecular weight is 789 g/mol. The molecule has 316 valence electrons. The van der Waals surface area contributed by atoms with Gasteiger partial charge in [0.15, 0.2) is 6.10 Å². The van der Waals surface area contributed by atoms with E-state index < -0.39 is 51.8 Å².